The first kappa shape index (κ1) is 18.4. The second-order valence-corrected chi connectivity index (χ2v) is 6.23. The summed E-state index contributed by atoms with van der Waals surface area (Å²) >= 11 is 0. The van der Waals surface area contributed by atoms with E-state index in [1.165, 1.54) is 0 Å². The Morgan fingerprint density at radius 3 is 2.58 bits per heavy atom. The first-order valence-electron chi connectivity index (χ1n) is 8.57. The second kappa shape index (κ2) is 8.81. The molecule has 0 spiro atoms. The molecule has 0 aromatic carbocycles. The standard InChI is InChI=1S/C17H27N5O2/c1-14-16(15(2)22(19-14)7-3-6-18)4-5-17(24)21-10-8-20(9-11-21)12-13-23/h23H,3-5,7-13H2,1-2H3. The Bertz CT molecular complexity index is 597. The van der Waals surface area contributed by atoms with Crippen LogP contribution in [-0.4, -0.2) is 69.9 Å². The number of hydrogen-bond acceptors (Lipinski definition) is 5. The SMILES string of the molecule is Cc1nn(CCC#N)c(C)c1CCC(=O)N1CCN(CCO)CC1. The Labute approximate surface area is 143 Å². The lowest BCUT2D eigenvalue weighted by molar-refractivity contribution is -0.132. The summed E-state index contributed by atoms with van der Waals surface area (Å²) < 4.78 is 1.87. The zero-order valence-electron chi connectivity index (χ0n) is 14.7. The van der Waals surface area contributed by atoms with E-state index in [1.54, 1.807) is 0 Å². The maximum Gasteiger partial charge on any atom is 0.222 e. The van der Waals surface area contributed by atoms with Crippen molar-refractivity contribution in [2.45, 2.75) is 39.7 Å². The van der Waals surface area contributed by atoms with Crippen molar-refractivity contribution in [2.75, 3.05) is 39.3 Å². The molecule has 0 saturated carbocycles. The number of nitriles is 1. The molecule has 1 saturated heterocycles. The van der Waals surface area contributed by atoms with Crippen LogP contribution in [0.1, 0.15) is 29.8 Å². The third-order valence-electron chi connectivity index (χ3n) is 4.70. The maximum atomic E-state index is 12.4. The zero-order valence-corrected chi connectivity index (χ0v) is 14.7. The quantitative estimate of drug-likeness (QED) is 0.784. The highest BCUT2D eigenvalue weighted by atomic mass is 16.3. The van der Waals surface area contributed by atoms with Gasteiger partial charge in [0.2, 0.25) is 5.91 Å². The molecular formula is C17H27N5O2. The normalized spacial score (nSPS) is 15.5. The first-order valence-corrected chi connectivity index (χ1v) is 8.57. The van der Waals surface area contributed by atoms with E-state index >= 15 is 0 Å². The minimum Gasteiger partial charge on any atom is -0.395 e. The Hall–Kier alpha value is -1.91. The highest BCUT2D eigenvalue weighted by Gasteiger charge is 2.21. The number of nitrogens with zero attached hydrogens (tertiary/aromatic N) is 5. The van der Waals surface area contributed by atoms with Gasteiger partial charge < -0.3 is 10.0 Å². The van der Waals surface area contributed by atoms with Crippen LogP contribution < -0.4 is 0 Å². The summed E-state index contributed by atoms with van der Waals surface area (Å²) in [5.41, 5.74) is 3.13. The number of carbonyl (C=O) groups is 1. The van der Waals surface area contributed by atoms with E-state index < -0.39 is 0 Å². The van der Waals surface area contributed by atoms with E-state index in [0.29, 0.717) is 32.4 Å². The minimum absolute atomic E-state index is 0.169. The van der Waals surface area contributed by atoms with Crippen LogP contribution in [-0.2, 0) is 17.8 Å². The van der Waals surface area contributed by atoms with E-state index in [9.17, 15) is 4.79 Å². The van der Waals surface area contributed by atoms with E-state index in [1.807, 2.05) is 23.4 Å². The molecule has 1 aliphatic heterocycles. The number of amides is 1. The summed E-state index contributed by atoms with van der Waals surface area (Å²) in [5, 5.41) is 22.2. The monoisotopic (exact) mass is 333 g/mol. The predicted molar refractivity (Wildman–Crippen MR) is 90.4 cm³/mol. The zero-order chi connectivity index (χ0) is 17.5. The highest BCUT2D eigenvalue weighted by molar-refractivity contribution is 5.76. The first-order chi connectivity index (χ1) is 11.6. The average Bonchev–Trinajstić information content (AvgIpc) is 2.85. The number of piperazine rings is 1. The number of aromatic nitrogens is 2. The lowest BCUT2D eigenvalue weighted by Gasteiger charge is -2.34. The molecule has 0 atom stereocenters. The lowest BCUT2D eigenvalue weighted by Crippen LogP contribution is -2.49. The number of aryl methyl sites for hydroxylation is 2. The number of carbonyl (C=O) groups excluding carboxylic acids is 1. The van der Waals surface area contributed by atoms with Crippen molar-refractivity contribution in [3.8, 4) is 6.07 Å². The summed E-state index contributed by atoms with van der Waals surface area (Å²) in [4.78, 5) is 16.5. The number of β-amino-alcohol motifs (C(OH)–C–C–N with tert-alkyl or cyclic N) is 1. The Morgan fingerprint density at radius 1 is 1.25 bits per heavy atom. The number of aliphatic hydroxyl groups excluding tert-OH is 1. The molecule has 0 radical (unpaired) electrons. The van der Waals surface area contributed by atoms with Gasteiger partial charge in [-0.05, 0) is 25.8 Å². The van der Waals surface area contributed by atoms with E-state index in [0.717, 1.165) is 43.1 Å². The molecule has 132 valence electrons. The highest BCUT2D eigenvalue weighted by Crippen LogP contribution is 2.16. The van der Waals surface area contributed by atoms with Crippen LogP contribution in [0.4, 0.5) is 0 Å². The lowest BCUT2D eigenvalue weighted by atomic mass is 10.1. The molecule has 1 aromatic heterocycles. The minimum atomic E-state index is 0.169. The Balaban J connectivity index is 1.86. The van der Waals surface area contributed by atoms with Gasteiger partial charge in [-0.2, -0.15) is 10.4 Å². The molecule has 0 aliphatic carbocycles. The molecule has 2 rings (SSSR count). The fraction of sp³-hybridized carbons (Fsp3) is 0.706. The summed E-state index contributed by atoms with van der Waals surface area (Å²) in [6.07, 6.45) is 1.63. The van der Waals surface area contributed by atoms with Gasteiger partial charge in [-0.1, -0.05) is 0 Å². The number of rotatable bonds is 7. The van der Waals surface area contributed by atoms with Gasteiger partial charge in [-0.15, -0.1) is 0 Å². The van der Waals surface area contributed by atoms with Gasteiger partial charge in [0, 0.05) is 44.8 Å². The van der Waals surface area contributed by atoms with Gasteiger partial charge in [0.05, 0.1) is 31.3 Å². The van der Waals surface area contributed by atoms with E-state index in [2.05, 4.69) is 16.1 Å². The van der Waals surface area contributed by atoms with Gasteiger partial charge in [0.25, 0.3) is 0 Å². The van der Waals surface area contributed by atoms with Gasteiger partial charge in [-0.25, -0.2) is 0 Å². The van der Waals surface area contributed by atoms with Crippen molar-refractivity contribution < 1.29 is 9.90 Å². The molecular weight excluding hydrogens is 306 g/mol. The van der Waals surface area contributed by atoms with Gasteiger partial charge >= 0.3 is 0 Å². The van der Waals surface area contributed by atoms with Crippen molar-refractivity contribution in [1.29, 1.82) is 5.26 Å². The molecule has 24 heavy (non-hydrogen) atoms. The van der Waals surface area contributed by atoms with Crippen LogP contribution in [0.15, 0.2) is 0 Å². The van der Waals surface area contributed by atoms with Crippen molar-refractivity contribution in [3.63, 3.8) is 0 Å². The number of aliphatic hydroxyl groups is 1. The Kier molecular flexibility index (Phi) is 6.76. The molecule has 1 fully saturated rings. The van der Waals surface area contributed by atoms with Crippen LogP contribution in [0.2, 0.25) is 0 Å². The van der Waals surface area contributed by atoms with Crippen LogP contribution in [0.3, 0.4) is 0 Å². The Morgan fingerprint density at radius 2 is 1.96 bits per heavy atom. The van der Waals surface area contributed by atoms with Crippen LogP contribution in [0.25, 0.3) is 0 Å². The predicted octanol–water partition coefficient (Wildman–Crippen LogP) is 0.483. The summed E-state index contributed by atoms with van der Waals surface area (Å²) in [6, 6.07) is 2.14. The number of hydrogen-bond donors (Lipinski definition) is 1. The molecule has 1 N–H and O–H groups in total. The molecule has 7 heteroatoms. The maximum absolute atomic E-state index is 12.4. The van der Waals surface area contributed by atoms with Gasteiger partial charge in [-0.3, -0.25) is 14.4 Å². The molecule has 1 aliphatic rings. The largest absolute Gasteiger partial charge is 0.395 e. The summed E-state index contributed by atoms with van der Waals surface area (Å²) in [5.74, 6) is 0.183. The van der Waals surface area contributed by atoms with E-state index in [-0.39, 0.29) is 12.5 Å². The second-order valence-electron chi connectivity index (χ2n) is 6.23. The van der Waals surface area contributed by atoms with Crippen LogP contribution in [0.5, 0.6) is 0 Å². The van der Waals surface area contributed by atoms with Gasteiger partial charge in [0.1, 0.15) is 0 Å². The fourth-order valence-electron chi connectivity index (χ4n) is 3.22. The van der Waals surface area contributed by atoms with Crippen molar-refractivity contribution in [1.82, 2.24) is 19.6 Å². The third kappa shape index (κ3) is 4.56. The molecule has 0 bridgehead atoms. The fourth-order valence-corrected chi connectivity index (χ4v) is 3.22. The summed E-state index contributed by atoms with van der Waals surface area (Å²) in [6.45, 7) is 8.55. The molecule has 2 heterocycles. The molecule has 0 unspecified atom stereocenters. The van der Waals surface area contributed by atoms with Crippen molar-refractivity contribution in [3.05, 3.63) is 17.0 Å². The average molecular weight is 333 g/mol. The van der Waals surface area contributed by atoms with Crippen molar-refractivity contribution in [2.24, 2.45) is 0 Å². The van der Waals surface area contributed by atoms with Crippen molar-refractivity contribution >= 4 is 5.91 Å². The molecule has 1 amide bonds. The smallest absolute Gasteiger partial charge is 0.222 e. The summed E-state index contributed by atoms with van der Waals surface area (Å²) in [7, 11) is 0. The van der Waals surface area contributed by atoms with Crippen LogP contribution >= 0.6 is 0 Å². The van der Waals surface area contributed by atoms with E-state index in [4.69, 9.17) is 10.4 Å². The topological polar surface area (TPSA) is 85.4 Å². The molecule has 1 aromatic rings. The van der Waals surface area contributed by atoms with Gasteiger partial charge in [0.15, 0.2) is 0 Å². The van der Waals surface area contributed by atoms with Crippen LogP contribution in [0, 0.1) is 25.2 Å². The third-order valence-corrected chi connectivity index (χ3v) is 4.70. The molecule has 7 nitrogen and oxygen atoms in total.